The van der Waals surface area contributed by atoms with Gasteiger partial charge in [0.15, 0.2) is 5.78 Å². The van der Waals surface area contributed by atoms with Crippen molar-refractivity contribution >= 4 is 43.1 Å². The summed E-state index contributed by atoms with van der Waals surface area (Å²) >= 11 is 3.41. The number of H-pyrrole nitrogens is 1. The van der Waals surface area contributed by atoms with Gasteiger partial charge < -0.3 is 14.6 Å². The highest BCUT2D eigenvalue weighted by Gasteiger charge is 2.40. The van der Waals surface area contributed by atoms with Gasteiger partial charge in [-0.2, -0.15) is 5.26 Å². The van der Waals surface area contributed by atoms with Crippen molar-refractivity contribution in [2.24, 2.45) is 0 Å². The second-order valence-electron chi connectivity index (χ2n) is 9.79. The van der Waals surface area contributed by atoms with Crippen molar-refractivity contribution in [3.63, 3.8) is 0 Å². The predicted octanol–water partition coefficient (Wildman–Crippen LogP) is 3.34. The van der Waals surface area contributed by atoms with Crippen molar-refractivity contribution in [1.29, 1.82) is 5.26 Å². The molecule has 4 rings (SSSR count). The lowest BCUT2D eigenvalue weighted by Crippen LogP contribution is -2.61. The molecule has 0 bridgehead atoms. The number of halogens is 2. The minimum Gasteiger partial charge on any atom is -0.491 e. The Hall–Kier alpha value is -3.60. The first-order valence-electron chi connectivity index (χ1n) is 12.8. The molecule has 1 aliphatic rings. The summed E-state index contributed by atoms with van der Waals surface area (Å²) in [5.41, 5.74) is 2.02. The SMILES string of the molecule is CS(=O)(=O)CCC1CN(c2cc(Br)cc(OCCF)c2)C(=O)CN1[C@@H](Cc1ccc(C#N)cc1)C(=O)c1cnc[nH]1. The number of hydrogen-bond acceptors (Lipinski definition) is 8. The molecule has 1 saturated heterocycles. The fourth-order valence-electron chi connectivity index (χ4n) is 4.82. The number of benzene rings is 2. The van der Waals surface area contributed by atoms with Crippen LogP contribution >= 0.6 is 15.9 Å². The molecule has 10 nitrogen and oxygen atoms in total. The number of nitriles is 1. The third-order valence-corrected chi connectivity index (χ3v) is 8.23. The summed E-state index contributed by atoms with van der Waals surface area (Å²) in [7, 11) is -3.35. The Labute approximate surface area is 246 Å². The maximum absolute atomic E-state index is 13.8. The number of imidazole rings is 1. The summed E-state index contributed by atoms with van der Waals surface area (Å²) in [6.07, 6.45) is 4.37. The molecule has 0 spiro atoms. The number of ketones is 1. The Morgan fingerprint density at radius 2 is 2.05 bits per heavy atom. The van der Waals surface area contributed by atoms with E-state index in [0.717, 1.165) is 11.8 Å². The summed E-state index contributed by atoms with van der Waals surface area (Å²) in [6.45, 7) is -0.838. The van der Waals surface area contributed by atoms with Gasteiger partial charge in [0.2, 0.25) is 5.91 Å². The Kier molecular flexibility index (Phi) is 9.90. The summed E-state index contributed by atoms with van der Waals surface area (Å²) in [5.74, 6) is -0.344. The summed E-state index contributed by atoms with van der Waals surface area (Å²) in [4.78, 5) is 37.5. The van der Waals surface area contributed by atoms with Crippen LogP contribution in [0.2, 0.25) is 0 Å². The van der Waals surface area contributed by atoms with E-state index >= 15 is 0 Å². The lowest BCUT2D eigenvalue weighted by Gasteiger charge is -2.44. The van der Waals surface area contributed by atoms with E-state index in [0.29, 0.717) is 21.5 Å². The van der Waals surface area contributed by atoms with E-state index in [1.165, 1.54) is 17.4 Å². The van der Waals surface area contributed by atoms with Crippen molar-refractivity contribution in [3.05, 3.63) is 76.3 Å². The molecule has 3 aromatic rings. The van der Waals surface area contributed by atoms with E-state index in [1.807, 2.05) is 0 Å². The average Bonchev–Trinajstić information content (AvgIpc) is 3.48. The second kappa shape index (κ2) is 13.4. The Morgan fingerprint density at radius 1 is 1.29 bits per heavy atom. The Morgan fingerprint density at radius 3 is 2.68 bits per heavy atom. The molecule has 1 amide bonds. The van der Waals surface area contributed by atoms with Crippen molar-refractivity contribution < 1.29 is 27.1 Å². The minimum atomic E-state index is -3.35. The van der Waals surface area contributed by atoms with Gasteiger partial charge in [-0.25, -0.2) is 17.8 Å². The number of Topliss-reactive ketones (excluding diaryl/α,β-unsaturated/α-hetero) is 1. The van der Waals surface area contributed by atoms with Gasteiger partial charge in [0.1, 0.15) is 34.6 Å². The summed E-state index contributed by atoms with van der Waals surface area (Å²) < 4.78 is 43.1. The van der Waals surface area contributed by atoms with Crippen LogP contribution in [0.1, 0.15) is 28.0 Å². The van der Waals surface area contributed by atoms with E-state index < -0.39 is 28.6 Å². The molecule has 13 heteroatoms. The van der Waals surface area contributed by atoms with Gasteiger partial charge in [0.25, 0.3) is 0 Å². The first kappa shape index (κ1) is 30.4. The number of aromatic nitrogens is 2. The quantitative estimate of drug-likeness (QED) is 0.296. The van der Waals surface area contributed by atoms with Gasteiger partial charge in [-0.1, -0.05) is 28.1 Å². The number of alkyl halides is 1. The number of piperazine rings is 1. The summed E-state index contributed by atoms with van der Waals surface area (Å²) in [6, 6.07) is 12.6. The van der Waals surface area contributed by atoms with Crippen LogP contribution < -0.4 is 9.64 Å². The van der Waals surface area contributed by atoms with Crippen LogP contribution in [0.5, 0.6) is 5.75 Å². The number of hydrogen-bond donors (Lipinski definition) is 1. The van der Waals surface area contributed by atoms with E-state index in [4.69, 9.17) is 10.00 Å². The number of amides is 1. The fourth-order valence-corrected chi connectivity index (χ4v) is 5.98. The largest absolute Gasteiger partial charge is 0.491 e. The van der Waals surface area contributed by atoms with Gasteiger partial charge in [-0.05, 0) is 42.7 Å². The van der Waals surface area contributed by atoms with Gasteiger partial charge in [0.05, 0.1) is 42.5 Å². The predicted molar refractivity (Wildman–Crippen MR) is 154 cm³/mol. The second-order valence-corrected chi connectivity index (χ2v) is 13.0. The zero-order valence-corrected chi connectivity index (χ0v) is 24.7. The van der Waals surface area contributed by atoms with Gasteiger partial charge in [-0.3, -0.25) is 14.5 Å². The Bertz CT molecular complexity index is 1530. The van der Waals surface area contributed by atoms with Crippen LogP contribution in [0.15, 0.2) is 59.5 Å². The highest BCUT2D eigenvalue weighted by molar-refractivity contribution is 9.10. The molecular formula is C28H29BrFN5O5S. The van der Waals surface area contributed by atoms with Crippen molar-refractivity contribution in [2.45, 2.75) is 24.9 Å². The zero-order chi connectivity index (χ0) is 29.6. The van der Waals surface area contributed by atoms with Crippen molar-refractivity contribution in [2.75, 3.05) is 43.3 Å². The number of aromatic amines is 1. The summed E-state index contributed by atoms with van der Waals surface area (Å²) in [5, 5.41) is 9.17. The zero-order valence-electron chi connectivity index (χ0n) is 22.3. The van der Waals surface area contributed by atoms with Crippen LogP contribution in [-0.4, -0.2) is 85.4 Å². The highest BCUT2D eigenvalue weighted by Crippen LogP contribution is 2.31. The van der Waals surface area contributed by atoms with Crippen LogP contribution in [-0.2, 0) is 21.1 Å². The van der Waals surface area contributed by atoms with Crippen LogP contribution in [0, 0.1) is 11.3 Å². The smallest absolute Gasteiger partial charge is 0.241 e. The normalized spacial score (nSPS) is 16.8. The molecular weight excluding hydrogens is 617 g/mol. The molecule has 0 aliphatic carbocycles. The third-order valence-electron chi connectivity index (χ3n) is 6.80. The molecule has 1 unspecified atom stereocenters. The number of sulfone groups is 1. The van der Waals surface area contributed by atoms with E-state index in [1.54, 1.807) is 47.4 Å². The number of nitrogens with zero attached hydrogens (tertiary/aromatic N) is 4. The van der Waals surface area contributed by atoms with Crippen molar-refractivity contribution in [3.8, 4) is 11.8 Å². The maximum atomic E-state index is 13.8. The number of carbonyl (C=O) groups excluding carboxylic acids is 2. The number of ether oxygens (including phenoxy) is 1. The molecule has 0 saturated carbocycles. The average molecular weight is 647 g/mol. The van der Waals surface area contributed by atoms with Crippen LogP contribution in [0.3, 0.4) is 0 Å². The molecule has 2 atom stereocenters. The first-order valence-corrected chi connectivity index (χ1v) is 15.7. The van der Waals surface area contributed by atoms with Gasteiger partial charge in [-0.15, -0.1) is 0 Å². The van der Waals surface area contributed by atoms with E-state index in [-0.39, 0.29) is 55.7 Å². The molecule has 1 aromatic heterocycles. The monoisotopic (exact) mass is 645 g/mol. The molecule has 1 fully saturated rings. The van der Waals surface area contributed by atoms with Gasteiger partial charge in [0, 0.05) is 35.1 Å². The van der Waals surface area contributed by atoms with Crippen LogP contribution in [0.25, 0.3) is 0 Å². The molecule has 41 heavy (non-hydrogen) atoms. The third kappa shape index (κ3) is 8.00. The standard InChI is InChI=1S/C28H29BrFN5O5S/c1-41(38,39)9-6-22-16-35(23-11-21(29)12-24(13-23)40-8-7-30)27(36)17-34(22)26(28(37)25-15-32-18-33-25)10-19-2-4-20(14-31)5-3-19/h2-5,11-13,15,18,22,26H,6-10,16-17H2,1H3,(H,32,33)/t22?,26-/m0/s1. The van der Waals surface area contributed by atoms with Crippen molar-refractivity contribution in [1.82, 2.24) is 14.9 Å². The number of rotatable bonds is 12. The topological polar surface area (TPSA) is 136 Å². The lowest BCUT2D eigenvalue weighted by atomic mass is 9.95. The number of anilines is 1. The fraction of sp³-hybridized carbons (Fsp3) is 0.357. The lowest BCUT2D eigenvalue weighted by molar-refractivity contribution is -0.123. The molecule has 216 valence electrons. The molecule has 1 N–H and O–H groups in total. The molecule has 1 aliphatic heterocycles. The minimum absolute atomic E-state index is 0.119. The highest BCUT2D eigenvalue weighted by atomic mass is 79.9. The molecule has 0 radical (unpaired) electrons. The number of carbonyl (C=O) groups is 2. The first-order chi connectivity index (χ1) is 19.6. The van der Waals surface area contributed by atoms with E-state index in [2.05, 4.69) is 32.0 Å². The molecule has 2 heterocycles. The molecule has 2 aromatic carbocycles. The van der Waals surface area contributed by atoms with Gasteiger partial charge >= 0.3 is 0 Å². The van der Waals surface area contributed by atoms with Crippen LogP contribution in [0.4, 0.5) is 10.1 Å². The maximum Gasteiger partial charge on any atom is 0.241 e. The van der Waals surface area contributed by atoms with E-state index in [9.17, 15) is 22.4 Å². The number of nitrogens with one attached hydrogen (secondary N) is 1. The Balaban J connectivity index is 1.70.